The van der Waals surface area contributed by atoms with E-state index in [0.717, 1.165) is 0 Å². The molecule has 0 unspecified atom stereocenters. The molecule has 0 spiro atoms. The summed E-state index contributed by atoms with van der Waals surface area (Å²) in [6, 6.07) is -0.680. The van der Waals surface area contributed by atoms with Crippen molar-refractivity contribution in [2.45, 2.75) is 38.2 Å². The number of ether oxygens (including phenoxy) is 1. The molecular formula is C7H15BF2O2. The summed E-state index contributed by atoms with van der Waals surface area (Å²) >= 11 is 0. The maximum atomic E-state index is 12.6. The highest BCUT2D eigenvalue weighted by Crippen LogP contribution is 2.22. The molecule has 0 heterocycles. The van der Waals surface area contributed by atoms with E-state index < -0.39 is 24.6 Å². The first-order chi connectivity index (χ1) is 5.46. The molecule has 0 aliphatic heterocycles. The quantitative estimate of drug-likeness (QED) is 0.620. The van der Waals surface area contributed by atoms with Crippen molar-refractivity contribution in [2.24, 2.45) is 0 Å². The van der Waals surface area contributed by atoms with Gasteiger partial charge in [0.25, 0.3) is 0 Å². The number of alkyl halides is 2. The highest BCUT2D eigenvalue weighted by atomic mass is 19.1. The van der Waals surface area contributed by atoms with Crippen LogP contribution in [0.5, 0.6) is 0 Å². The van der Waals surface area contributed by atoms with E-state index in [1.54, 1.807) is 6.92 Å². The first-order valence-corrected chi connectivity index (χ1v) is 4.02. The minimum absolute atomic E-state index is 0.301. The Bertz CT molecular complexity index is 135. The fourth-order valence-electron chi connectivity index (χ4n) is 0.799. The first kappa shape index (κ1) is 11.8. The minimum Gasteiger partial charge on any atom is -0.373 e. The van der Waals surface area contributed by atoms with Gasteiger partial charge in [0.1, 0.15) is 20.1 Å². The molecule has 0 bridgehead atoms. The second kappa shape index (κ2) is 4.77. The smallest absolute Gasteiger partial charge is 0.225 e. The van der Waals surface area contributed by atoms with E-state index in [1.165, 1.54) is 14.8 Å². The first-order valence-electron chi connectivity index (χ1n) is 4.02. The van der Waals surface area contributed by atoms with E-state index in [4.69, 9.17) is 9.84 Å². The topological polar surface area (TPSA) is 29.5 Å². The molecule has 2 nitrogen and oxygen atoms in total. The summed E-state index contributed by atoms with van der Waals surface area (Å²) in [4.78, 5) is 0. The molecule has 0 aromatic carbocycles. The molecule has 3 atom stereocenters. The Labute approximate surface area is 72.3 Å². The largest absolute Gasteiger partial charge is 0.373 e. The van der Waals surface area contributed by atoms with Gasteiger partial charge in [0.2, 0.25) is 6.36 Å². The van der Waals surface area contributed by atoms with Crippen LogP contribution < -0.4 is 0 Å². The fraction of sp³-hybridized carbons (Fsp3) is 1.00. The van der Waals surface area contributed by atoms with E-state index in [0.29, 0.717) is 6.42 Å². The Morgan fingerprint density at radius 1 is 1.67 bits per heavy atom. The Morgan fingerprint density at radius 3 is 2.42 bits per heavy atom. The number of hydrogen-bond donors (Lipinski definition) is 1. The molecule has 0 rings (SSSR count). The van der Waals surface area contributed by atoms with Crippen molar-refractivity contribution in [1.82, 2.24) is 0 Å². The van der Waals surface area contributed by atoms with Crippen LogP contribution in [-0.4, -0.2) is 37.6 Å². The van der Waals surface area contributed by atoms with Crippen LogP contribution in [0.25, 0.3) is 0 Å². The van der Waals surface area contributed by atoms with E-state index in [9.17, 15) is 8.78 Å². The van der Waals surface area contributed by atoms with Crippen LogP contribution in [0.3, 0.4) is 0 Å². The van der Waals surface area contributed by atoms with Gasteiger partial charge in [-0.15, -0.1) is 0 Å². The second-order valence-corrected chi connectivity index (χ2v) is 3.08. The van der Waals surface area contributed by atoms with Crippen LogP contribution in [0.1, 0.15) is 20.3 Å². The van der Waals surface area contributed by atoms with Crippen LogP contribution in [0.2, 0.25) is 0 Å². The van der Waals surface area contributed by atoms with E-state index in [2.05, 4.69) is 0 Å². The lowest BCUT2D eigenvalue weighted by atomic mass is 9.97. The van der Waals surface area contributed by atoms with Gasteiger partial charge in [-0.3, -0.25) is 0 Å². The predicted octanol–water partition coefficient (Wildman–Crippen LogP) is 0.388. The Morgan fingerprint density at radius 2 is 2.17 bits per heavy atom. The van der Waals surface area contributed by atoms with E-state index >= 15 is 0 Å². The number of aliphatic hydroxyl groups is 1. The molecular weight excluding hydrogens is 165 g/mol. The Balaban J connectivity index is 4.14. The zero-order valence-corrected chi connectivity index (χ0v) is 7.68. The summed E-state index contributed by atoms with van der Waals surface area (Å²) in [7, 11) is 1.50. The maximum absolute atomic E-state index is 12.6. The highest BCUT2D eigenvalue weighted by molar-refractivity contribution is 6.11. The molecule has 0 fully saturated rings. The lowest BCUT2D eigenvalue weighted by Gasteiger charge is -2.31. The number of aliphatic hydroxyl groups excluding tert-OH is 1. The van der Waals surface area contributed by atoms with Crippen molar-refractivity contribution >= 4 is 7.85 Å². The van der Waals surface area contributed by atoms with Gasteiger partial charge in [-0.05, 0) is 13.3 Å². The SMILES string of the molecule is B[C@@H](CF)O[C@](C)(CC)[C@@H](O)F. The molecule has 5 heteroatoms. The molecule has 0 aromatic heterocycles. The zero-order chi connectivity index (χ0) is 9.78. The zero-order valence-electron chi connectivity index (χ0n) is 7.68. The standard InChI is InChI=1S/C7H15BF2O2/c1-3-7(2,6(10)11)12-5(8)4-9/h5-6,11H,3-4,8H2,1-2H3/t5-,6-,7-/m1/s1. The summed E-state index contributed by atoms with van der Waals surface area (Å²) in [5.41, 5.74) is -1.29. The van der Waals surface area contributed by atoms with Gasteiger partial charge in [0, 0.05) is 0 Å². The minimum atomic E-state index is -2.07. The van der Waals surface area contributed by atoms with Crippen molar-refractivity contribution < 1.29 is 18.6 Å². The van der Waals surface area contributed by atoms with Gasteiger partial charge in [-0.25, -0.2) is 8.78 Å². The average molecular weight is 180 g/mol. The predicted molar refractivity (Wildman–Crippen MR) is 45.2 cm³/mol. The van der Waals surface area contributed by atoms with Crippen molar-refractivity contribution in [3.05, 3.63) is 0 Å². The number of rotatable bonds is 5. The number of hydrogen-bond acceptors (Lipinski definition) is 2. The third-order valence-electron chi connectivity index (χ3n) is 1.89. The summed E-state index contributed by atoms with van der Waals surface area (Å²) in [5, 5.41) is 8.70. The van der Waals surface area contributed by atoms with Gasteiger partial charge in [-0.2, -0.15) is 0 Å². The Kier molecular flexibility index (Phi) is 4.71. The van der Waals surface area contributed by atoms with Crippen LogP contribution in [-0.2, 0) is 4.74 Å². The van der Waals surface area contributed by atoms with Crippen LogP contribution in [0.15, 0.2) is 0 Å². The highest BCUT2D eigenvalue weighted by Gasteiger charge is 2.33. The third-order valence-corrected chi connectivity index (χ3v) is 1.89. The normalized spacial score (nSPS) is 21.4. The van der Waals surface area contributed by atoms with Crippen LogP contribution in [0.4, 0.5) is 8.78 Å². The molecule has 0 amide bonds. The van der Waals surface area contributed by atoms with Crippen molar-refractivity contribution in [3.63, 3.8) is 0 Å². The second-order valence-electron chi connectivity index (χ2n) is 3.08. The number of halogens is 2. The molecule has 0 aliphatic carbocycles. The average Bonchev–Trinajstić information content (AvgIpc) is 2.03. The summed E-state index contributed by atoms with van der Waals surface area (Å²) < 4.78 is 29.5. The van der Waals surface area contributed by atoms with Gasteiger partial charge in [0.15, 0.2) is 0 Å². The molecule has 0 saturated carbocycles. The van der Waals surface area contributed by atoms with Gasteiger partial charge >= 0.3 is 0 Å². The van der Waals surface area contributed by atoms with E-state index in [1.807, 2.05) is 0 Å². The molecule has 1 N–H and O–H groups in total. The third kappa shape index (κ3) is 3.07. The fourth-order valence-corrected chi connectivity index (χ4v) is 0.799. The molecule has 72 valence electrons. The van der Waals surface area contributed by atoms with Crippen molar-refractivity contribution in [2.75, 3.05) is 6.67 Å². The Hall–Kier alpha value is -0.155. The summed E-state index contributed by atoms with van der Waals surface area (Å²) in [5.74, 6) is 0. The van der Waals surface area contributed by atoms with Crippen molar-refractivity contribution in [1.29, 1.82) is 0 Å². The maximum Gasteiger partial charge on any atom is 0.225 e. The lowest BCUT2D eigenvalue weighted by molar-refractivity contribution is -0.176. The van der Waals surface area contributed by atoms with Gasteiger partial charge in [0.05, 0.1) is 6.00 Å². The van der Waals surface area contributed by atoms with E-state index in [-0.39, 0.29) is 0 Å². The molecule has 0 aliphatic rings. The van der Waals surface area contributed by atoms with Crippen LogP contribution in [0, 0.1) is 0 Å². The summed E-state index contributed by atoms with van der Waals surface area (Å²) in [6.45, 7) is 2.42. The molecule has 0 radical (unpaired) electrons. The lowest BCUT2D eigenvalue weighted by Crippen LogP contribution is -2.42. The molecule has 12 heavy (non-hydrogen) atoms. The monoisotopic (exact) mass is 180 g/mol. The molecule has 0 aromatic rings. The summed E-state index contributed by atoms with van der Waals surface area (Å²) in [6.07, 6.45) is -1.77. The molecule has 0 saturated heterocycles. The van der Waals surface area contributed by atoms with Crippen LogP contribution >= 0.6 is 0 Å². The van der Waals surface area contributed by atoms with Crippen molar-refractivity contribution in [3.8, 4) is 0 Å². The van der Waals surface area contributed by atoms with Gasteiger partial charge in [-0.1, -0.05) is 6.92 Å². The van der Waals surface area contributed by atoms with Gasteiger partial charge < -0.3 is 9.84 Å².